The zero-order chi connectivity index (χ0) is 29.5. The van der Waals surface area contributed by atoms with E-state index in [4.69, 9.17) is 14.4 Å². The van der Waals surface area contributed by atoms with E-state index in [1.165, 1.54) is 4.70 Å². The number of nitrogens with zero attached hydrogens (tertiary/aromatic N) is 3. The molecular weight excluding hydrogens is 571 g/mol. The number of hydrogen-bond donors (Lipinski definition) is 0. The van der Waals surface area contributed by atoms with E-state index in [1.54, 1.807) is 11.3 Å². The Labute approximate surface area is 261 Å². The highest BCUT2D eigenvalue weighted by molar-refractivity contribution is 7.23. The molecule has 0 saturated carbocycles. The maximum Gasteiger partial charge on any atom is 0.195 e. The summed E-state index contributed by atoms with van der Waals surface area (Å²) in [6.07, 6.45) is 0. The normalized spacial score (nSPS) is 12.0. The van der Waals surface area contributed by atoms with Crippen LogP contribution in [0.5, 0.6) is 0 Å². The first-order valence-corrected chi connectivity index (χ1v) is 15.8. The zero-order valence-corrected chi connectivity index (χ0v) is 24.8. The molecule has 4 aromatic heterocycles. The lowest BCUT2D eigenvalue weighted by Crippen LogP contribution is -1.92. The number of imidazole rings is 1. The summed E-state index contributed by atoms with van der Waals surface area (Å²) in [6.45, 7) is 0. The van der Waals surface area contributed by atoms with E-state index in [0.717, 1.165) is 87.9 Å². The second kappa shape index (κ2) is 9.36. The summed E-state index contributed by atoms with van der Waals surface area (Å²) in [7, 11) is 0. The van der Waals surface area contributed by atoms with Crippen molar-refractivity contribution in [1.82, 2.24) is 14.4 Å². The number of para-hydroxylation sites is 4. The second-order valence-corrected chi connectivity index (χ2v) is 12.4. The van der Waals surface area contributed by atoms with E-state index in [1.807, 2.05) is 12.1 Å². The van der Waals surface area contributed by atoms with Gasteiger partial charge < -0.3 is 4.42 Å². The standard InChI is InChI=1S/C40H23N3OS/c1-2-11-24(12-3-1)27-16-9-18-29-30-19-10-17-28(39(30)44-38(27)29)25-13-8-14-26(23-25)35-37-36(31-15-4-5-20-32(31)41-35)42-40-43(37)33-21-6-7-22-34(33)45-40/h1-23H. The molecule has 6 aromatic carbocycles. The van der Waals surface area contributed by atoms with Gasteiger partial charge in [-0.25, -0.2) is 9.97 Å². The number of fused-ring (bicyclic) bond motifs is 10. The predicted molar refractivity (Wildman–Crippen MR) is 187 cm³/mol. The van der Waals surface area contributed by atoms with Crippen LogP contribution in [-0.2, 0) is 0 Å². The Morgan fingerprint density at radius 3 is 2.02 bits per heavy atom. The van der Waals surface area contributed by atoms with Gasteiger partial charge in [-0.2, -0.15) is 0 Å². The molecule has 0 saturated heterocycles. The monoisotopic (exact) mass is 593 g/mol. The summed E-state index contributed by atoms with van der Waals surface area (Å²) in [5.74, 6) is 0. The minimum Gasteiger partial charge on any atom is -0.455 e. The Kier molecular flexibility index (Phi) is 5.12. The Hall–Kier alpha value is -5.78. The quantitative estimate of drug-likeness (QED) is 0.205. The van der Waals surface area contributed by atoms with Gasteiger partial charge in [-0.3, -0.25) is 4.40 Å². The third-order valence-electron chi connectivity index (χ3n) is 8.83. The molecule has 10 rings (SSSR count). The van der Waals surface area contributed by atoms with Crippen LogP contribution in [0.15, 0.2) is 144 Å². The lowest BCUT2D eigenvalue weighted by molar-refractivity contribution is 0.671. The molecule has 0 aliphatic rings. The van der Waals surface area contributed by atoms with Gasteiger partial charge in [0.05, 0.1) is 21.4 Å². The molecule has 0 amide bonds. The van der Waals surface area contributed by atoms with E-state index in [2.05, 4.69) is 132 Å². The molecule has 0 spiro atoms. The molecule has 0 fully saturated rings. The number of benzene rings is 6. The fourth-order valence-electron chi connectivity index (χ4n) is 6.80. The average Bonchev–Trinajstić information content (AvgIpc) is 3.78. The lowest BCUT2D eigenvalue weighted by Gasteiger charge is -2.10. The molecule has 4 heterocycles. The predicted octanol–water partition coefficient (Wildman–Crippen LogP) is 11.2. The fraction of sp³-hybridized carbons (Fsp3) is 0. The van der Waals surface area contributed by atoms with Crippen LogP contribution in [0.2, 0.25) is 0 Å². The number of thiazole rings is 1. The molecule has 0 radical (unpaired) electrons. The largest absolute Gasteiger partial charge is 0.455 e. The first-order valence-electron chi connectivity index (χ1n) is 15.0. The number of hydrogen-bond acceptors (Lipinski definition) is 4. The van der Waals surface area contributed by atoms with Gasteiger partial charge in [0.15, 0.2) is 4.96 Å². The van der Waals surface area contributed by atoms with E-state index >= 15 is 0 Å². The highest BCUT2D eigenvalue weighted by Crippen LogP contribution is 2.42. The summed E-state index contributed by atoms with van der Waals surface area (Å²) in [5, 5.41) is 3.29. The average molecular weight is 594 g/mol. The Morgan fingerprint density at radius 2 is 1.18 bits per heavy atom. The molecule has 0 N–H and O–H groups in total. The molecule has 0 atom stereocenters. The van der Waals surface area contributed by atoms with Gasteiger partial charge in [-0.15, -0.1) is 0 Å². The summed E-state index contributed by atoms with van der Waals surface area (Å²) in [4.78, 5) is 11.4. The SMILES string of the molecule is c1ccc(-c2cccc3c2oc2c(-c4cccc(-c5nc6ccccc6c6nc7sc8ccccc8n7c56)c4)cccc23)cc1. The van der Waals surface area contributed by atoms with Crippen molar-refractivity contribution in [3.63, 3.8) is 0 Å². The van der Waals surface area contributed by atoms with Crippen molar-refractivity contribution in [2.24, 2.45) is 0 Å². The molecule has 5 heteroatoms. The van der Waals surface area contributed by atoms with Crippen LogP contribution in [0.3, 0.4) is 0 Å². The van der Waals surface area contributed by atoms with Gasteiger partial charge in [-0.05, 0) is 35.4 Å². The van der Waals surface area contributed by atoms with Gasteiger partial charge >= 0.3 is 0 Å². The van der Waals surface area contributed by atoms with Crippen LogP contribution in [0.25, 0.3) is 92.6 Å². The first kappa shape index (κ1) is 24.6. The number of furan rings is 1. The molecule has 10 aromatic rings. The number of pyridine rings is 1. The van der Waals surface area contributed by atoms with Crippen molar-refractivity contribution in [1.29, 1.82) is 0 Å². The van der Waals surface area contributed by atoms with E-state index < -0.39 is 0 Å². The molecule has 45 heavy (non-hydrogen) atoms. The summed E-state index contributed by atoms with van der Waals surface area (Å²) in [6, 6.07) is 48.8. The lowest BCUT2D eigenvalue weighted by atomic mass is 9.98. The number of rotatable bonds is 3. The van der Waals surface area contributed by atoms with E-state index in [0.29, 0.717) is 0 Å². The molecule has 4 nitrogen and oxygen atoms in total. The maximum absolute atomic E-state index is 6.75. The van der Waals surface area contributed by atoms with Crippen molar-refractivity contribution in [3.8, 4) is 33.5 Å². The fourth-order valence-corrected chi connectivity index (χ4v) is 7.82. The second-order valence-electron chi connectivity index (χ2n) is 11.4. The van der Waals surface area contributed by atoms with Gasteiger partial charge in [0.25, 0.3) is 0 Å². The smallest absolute Gasteiger partial charge is 0.195 e. The summed E-state index contributed by atoms with van der Waals surface area (Å²) >= 11 is 1.71. The Morgan fingerprint density at radius 1 is 0.533 bits per heavy atom. The third kappa shape index (κ3) is 3.59. The highest BCUT2D eigenvalue weighted by atomic mass is 32.1. The van der Waals surface area contributed by atoms with Crippen molar-refractivity contribution in [2.75, 3.05) is 0 Å². The van der Waals surface area contributed by atoms with Crippen LogP contribution in [0.4, 0.5) is 0 Å². The topological polar surface area (TPSA) is 43.3 Å². The number of aromatic nitrogens is 3. The van der Waals surface area contributed by atoms with Gasteiger partial charge in [0.2, 0.25) is 0 Å². The van der Waals surface area contributed by atoms with Gasteiger partial charge in [0.1, 0.15) is 22.2 Å². The minimum absolute atomic E-state index is 0.889. The molecule has 210 valence electrons. The minimum atomic E-state index is 0.889. The van der Waals surface area contributed by atoms with Crippen molar-refractivity contribution >= 4 is 70.4 Å². The van der Waals surface area contributed by atoms with Crippen LogP contribution in [0.1, 0.15) is 0 Å². The molecule has 0 unspecified atom stereocenters. The third-order valence-corrected chi connectivity index (χ3v) is 9.85. The van der Waals surface area contributed by atoms with Crippen LogP contribution < -0.4 is 0 Å². The zero-order valence-electron chi connectivity index (χ0n) is 23.9. The summed E-state index contributed by atoms with van der Waals surface area (Å²) in [5.41, 5.74) is 12.2. The van der Waals surface area contributed by atoms with Crippen LogP contribution in [0, 0.1) is 0 Å². The van der Waals surface area contributed by atoms with Crippen molar-refractivity contribution < 1.29 is 4.42 Å². The van der Waals surface area contributed by atoms with Gasteiger partial charge in [-0.1, -0.05) is 127 Å². The van der Waals surface area contributed by atoms with Crippen LogP contribution >= 0.6 is 11.3 Å². The Balaban J connectivity index is 1.23. The molecule has 0 aliphatic heterocycles. The maximum atomic E-state index is 6.75. The van der Waals surface area contributed by atoms with Gasteiger partial charge in [0, 0.05) is 32.8 Å². The van der Waals surface area contributed by atoms with E-state index in [-0.39, 0.29) is 0 Å². The Bertz CT molecular complexity index is 2760. The van der Waals surface area contributed by atoms with Crippen molar-refractivity contribution in [3.05, 3.63) is 140 Å². The molecule has 0 bridgehead atoms. The molecule has 0 aliphatic carbocycles. The van der Waals surface area contributed by atoms with Crippen LogP contribution in [-0.4, -0.2) is 14.4 Å². The highest BCUT2D eigenvalue weighted by Gasteiger charge is 2.21. The molecular formula is C40H23N3OS. The van der Waals surface area contributed by atoms with E-state index in [9.17, 15) is 0 Å². The first-order chi connectivity index (χ1) is 22.3. The van der Waals surface area contributed by atoms with Crippen molar-refractivity contribution in [2.45, 2.75) is 0 Å². The summed E-state index contributed by atoms with van der Waals surface area (Å²) < 4.78 is 10.2.